The van der Waals surface area contributed by atoms with Gasteiger partial charge in [0.2, 0.25) is 0 Å². The molecule has 0 N–H and O–H groups in total. The monoisotopic (exact) mass is 227 g/mol. The van der Waals surface area contributed by atoms with Gasteiger partial charge < -0.3 is 4.74 Å². The highest BCUT2D eigenvalue weighted by molar-refractivity contribution is 6.18. The molecule has 1 aliphatic heterocycles. The minimum absolute atomic E-state index is 0. The normalized spacial score (nSPS) is 22.5. The number of esters is 1. The van der Waals surface area contributed by atoms with Gasteiger partial charge in [0, 0.05) is 12.4 Å². The molecule has 1 fully saturated rings. The summed E-state index contributed by atoms with van der Waals surface area (Å²) < 4.78 is 4.69. The van der Waals surface area contributed by atoms with Crippen molar-refractivity contribution in [3.05, 3.63) is 0 Å². The Labute approximate surface area is 89.8 Å². The lowest BCUT2D eigenvalue weighted by atomic mass is 10.2. The van der Waals surface area contributed by atoms with Crippen molar-refractivity contribution in [2.24, 2.45) is 0 Å². The summed E-state index contributed by atoms with van der Waals surface area (Å²) in [5.74, 6) is 0.450. The maximum atomic E-state index is 11.2. The zero-order valence-electron chi connectivity index (χ0n) is 7.66. The molecule has 5 heteroatoms. The number of methoxy groups -OCH3 is 1. The molecule has 3 nitrogen and oxygen atoms in total. The van der Waals surface area contributed by atoms with Crippen LogP contribution in [0, 0.1) is 0 Å². The number of rotatable bonds is 3. The van der Waals surface area contributed by atoms with Gasteiger partial charge in [-0.05, 0) is 19.4 Å². The van der Waals surface area contributed by atoms with Gasteiger partial charge in [-0.15, -0.1) is 24.0 Å². The molecule has 0 aromatic heterocycles. The predicted octanol–water partition coefficient (Wildman–Crippen LogP) is 1.28. The molecule has 1 atom stereocenters. The second kappa shape index (κ2) is 6.46. The van der Waals surface area contributed by atoms with E-state index in [1.807, 2.05) is 0 Å². The average molecular weight is 228 g/mol. The van der Waals surface area contributed by atoms with Crippen molar-refractivity contribution in [1.29, 1.82) is 0 Å². The Kier molecular flexibility index (Phi) is 6.47. The van der Waals surface area contributed by atoms with Gasteiger partial charge in [0.15, 0.2) is 0 Å². The van der Waals surface area contributed by atoms with E-state index in [0.717, 1.165) is 25.9 Å². The number of hydrogen-bond acceptors (Lipinski definition) is 3. The molecule has 13 heavy (non-hydrogen) atoms. The first kappa shape index (κ1) is 13.0. The number of nitrogens with zero attached hydrogens (tertiary/aromatic N) is 1. The Bertz CT molecular complexity index is 166. The third-order valence-corrected chi connectivity index (χ3v) is 2.38. The zero-order chi connectivity index (χ0) is 8.97. The van der Waals surface area contributed by atoms with Gasteiger partial charge in [-0.1, -0.05) is 0 Å². The smallest absolute Gasteiger partial charge is 0.323 e. The molecule has 0 amide bonds. The molecule has 0 aromatic rings. The van der Waals surface area contributed by atoms with E-state index in [4.69, 9.17) is 11.6 Å². The molecule has 0 radical (unpaired) electrons. The minimum Gasteiger partial charge on any atom is -0.468 e. The minimum atomic E-state index is -0.127. The maximum Gasteiger partial charge on any atom is 0.323 e. The van der Waals surface area contributed by atoms with Crippen LogP contribution >= 0.6 is 24.0 Å². The molecular formula is C8H15Cl2NO2. The van der Waals surface area contributed by atoms with Crippen molar-refractivity contribution in [2.45, 2.75) is 18.9 Å². The molecule has 1 aliphatic rings. The van der Waals surface area contributed by atoms with Gasteiger partial charge in [-0.2, -0.15) is 0 Å². The van der Waals surface area contributed by atoms with Crippen LogP contribution in [0.4, 0.5) is 0 Å². The molecule has 1 heterocycles. The van der Waals surface area contributed by atoms with Crippen LogP contribution in [0.1, 0.15) is 12.8 Å². The van der Waals surface area contributed by atoms with E-state index in [-0.39, 0.29) is 24.4 Å². The number of carbonyl (C=O) groups is 1. The molecule has 1 saturated heterocycles. The second-order valence-corrected chi connectivity index (χ2v) is 3.28. The summed E-state index contributed by atoms with van der Waals surface area (Å²) in [5.41, 5.74) is 0. The summed E-state index contributed by atoms with van der Waals surface area (Å²) in [7, 11) is 1.43. The highest BCUT2D eigenvalue weighted by Gasteiger charge is 2.30. The van der Waals surface area contributed by atoms with Gasteiger partial charge >= 0.3 is 5.97 Å². The standard InChI is InChI=1S/C8H14ClNO2.ClH/c1-12-8(11)7-3-2-5-10(7)6-4-9;/h7H,2-6H2,1H3;1H. The van der Waals surface area contributed by atoms with Crippen LogP contribution in [0.25, 0.3) is 0 Å². The highest BCUT2D eigenvalue weighted by atomic mass is 35.5. The van der Waals surface area contributed by atoms with E-state index in [1.165, 1.54) is 7.11 Å². The quantitative estimate of drug-likeness (QED) is 0.538. The average Bonchev–Trinajstić information content (AvgIpc) is 2.52. The van der Waals surface area contributed by atoms with Crippen LogP contribution in [0.3, 0.4) is 0 Å². The number of halogens is 2. The predicted molar refractivity (Wildman–Crippen MR) is 54.6 cm³/mol. The lowest BCUT2D eigenvalue weighted by Gasteiger charge is -2.20. The third-order valence-electron chi connectivity index (χ3n) is 2.21. The zero-order valence-corrected chi connectivity index (χ0v) is 9.24. The van der Waals surface area contributed by atoms with Crippen molar-refractivity contribution < 1.29 is 9.53 Å². The fourth-order valence-corrected chi connectivity index (χ4v) is 1.82. The van der Waals surface area contributed by atoms with Crippen molar-refractivity contribution in [3.8, 4) is 0 Å². The van der Waals surface area contributed by atoms with E-state index in [1.54, 1.807) is 0 Å². The van der Waals surface area contributed by atoms with Gasteiger partial charge in [0.05, 0.1) is 7.11 Å². The first-order valence-electron chi connectivity index (χ1n) is 4.17. The second-order valence-electron chi connectivity index (χ2n) is 2.91. The van der Waals surface area contributed by atoms with Crippen LogP contribution in [0.15, 0.2) is 0 Å². The van der Waals surface area contributed by atoms with E-state index in [2.05, 4.69) is 9.64 Å². The fraction of sp³-hybridized carbons (Fsp3) is 0.875. The number of likely N-dealkylation sites (tertiary alicyclic amines) is 1. The molecular weight excluding hydrogens is 213 g/mol. The van der Waals surface area contributed by atoms with Crippen molar-refractivity contribution in [1.82, 2.24) is 4.90 Å². The lowest BCUT2D eigenvalue weighted by molar-refractivity contribution is -0.145. The van der Waals surface area contributed by atoms with Gasteiger partial charge in [0.1, 0.15) is 6.04 Å². The Morgan fingerprint density at radius 3 is 2.92 bits per heavy atom. The molecule has 78 valence electrons. The molecule has 0 saturated carbocycles. The molecule has 1 rings (SSSR count). The largest absolute Gasteiger partial charge is 0.468 e. The summed E-state index contributed by atoms with van der Waals surface area (Å²) in [6.07, 6.45) is 1.97. The summed E-state index contributed by atoms with van der Waals surface area (Å²) >= 11 is 5.60. The van der Waals surface area contributed by atoms with Crippen molar-refractivity contribution in [3.63, 3.8) is 0 Å². The Morgan fingerprint density at radius 2 is 2.38 bits per heavy atom. The van der Waals surface area contributed by atoms with Crippen LogP contribution in [0.2, 0.25) is 0 Å². The first-order chi connectivity index (χ1) is 5.79. The van der Waals surface area contributed by atoms with Crippen molar-refractivity contribution in [2.75, 3.05) is 26.1 Å². The fourth-order valence-electron chi connectivity index (χ4n) is 1.61. The van der Waals surface area contributed by atoms with Crippen molar-refractivity contribution >= 4 is 30.0 Å². The van der Waals surface area contributed by atoms with E-state index in [9.17, 15) is 4.79 Å². The summed E-state index contributed by atoms with van der Waals surface area (Å²) in [5, 5.41) is 0. The summed E-state index contributed by atoms with van der Waals surface area (Å²) in [6.45, 7) is 1.74. The number of hydrogen-bond donors (Lipinski definition) is 0. The molecule has 1 unspecified atom stereocenters. The van der Waals surface area contributed by atoms with Gasteiger partial charge in [-0.3, -0.25) is 9.69 Å². The van der Waals surface area contributed by atoms with Crippen LogP contribution in [-0.2, 0) is 9.53 Å². The van der Waals surface area contributed by atoms with E-state index < -0.39 is 0 Å². The van der Waals surface area contributed by atoms with Crippen LogP contribution < -0.4 is 0 Å². The van der Waals surface area contributed by atoms with Gasteiger partial charge in [0.25, 0.3) is 0 Å². The van der Waals surface area contributed by atoms with Crippen LogP contribution in [0.5, 0.6) is 0 Å². The molecule has 0 aliphatic carbocycles. The van der Waals surface area contributed by atoms with Gasteiger partial charge in [-0.25, -0.2) is 0 Å². The topological polar surface area (TPSA) is 29.5 Å². The lowest BCUT2D eigenvalue weighted by Crippen LogP contribution is -2.37. The molecule has 0 spiro atoms. The Hall–Kier alpha value is 0.01000. The maximum absolute atomic E-state index is 11.2. The van der Waals surface area contributed by atoms with E-state index in [0.29, 0.717) is 5.88 Å². The Balaban J connectivity index is 0.00000144. The highest BCUT2D eigenvalue weighted by Crippen LogP contribution is 2.17. The van der Waals surface area contributed by atoms with Crippen LogP contribution in [-0.4, -0.2) is 43.0 Å². The van der Waals surface area contributed by atoms with E-state index >= 15 is 0 Å². The number of ether oxygens (including phenoxy) is 1. The Morgan fingerprint density at radius 1 is 1.69 bits per heavy atom. The molecule has 0 aromatic carbocycles. The summed E-state index contributed by atoms with van der Waals surface area (Å²) in [4.78, 5) is 13.3. The molecule has 0 bridgehead atoms. The first-order valence-corrected chi connectivity index (χ1v) is 4.71. The third kappa shape index (κ3) is 3.33. The number of carbonyl (C=O) groups excluding carboxylic acids is 1. The number of alkyl halides is 1. The SMILES string of the molecule is COC(=O)C1CCCN1CCCl.Cl. The summed E-state index contributed by atoms with van der Waals surface area (Å²) in [6, 6.07) is -0.0475.